The molecular formula is C14H30O3. The Balaban J connectivity index is 0. The summed E-state index contributed by atoms with van der Waals surface area (Å²) < 4.78 is 4.40. The zero-order valence-corrected chi connectivity index (χ0v) is 11.8. The van der Waals surface area contributed by atoms with Crippen molar-refractivity contribution in [3.05, 3.63) is 0 Å². The van der Waals surface area contributed by atoms with Crippen LogP contribution in [-0.4, -0.2) is 24.3 Å². The van der Waals surface area contributed by atoms with Gasteiger partial charge in [-0.1, -0.05) is 51.9 Å². The van der Waals surface area contributed by atoms with Crippen LogP contribution in [-0.2, 0) is 9.53 Å². The Morgan fingerprint density at radius 1 is 1.06 bits per heavy atom. The van der Waals surface area contributed by atoms with Gasteiger partial charge in [0.25, 0.3) is 0 Å². The number of unbranched alkanes of at least 4 members (excludes halogenated alkanes) is 1. The highest BCUT2D eigenvalue weighted by Crippen LogP contribution is 2.15. The second kappa shape index (κ2) is 17.8. The Bertz CT molecular complexity index is 129. The van der Waals surface area contributed by atoms with Gasteiger partial charge in [-0.3, -0.25) is 4.79 Å². The molecule has 0 aromatic carbocycles. The highest BCUT2D eigenvalue weighted by atomic mass is 16.5. The van der Waals surface area contributed by atoms with E-state index in [4.69, 9.17) is 5.11 Å². The van der Waals surface area contributed by atoms with Crippen molar-refractivity contribution in [1.82, 2.24) is 0 Å². The van der Waals surface area contributed by atoms with E-state index in [1.807, 2.05) is 0 Å². The highest BCUT2D eigenvalue weighted by Gasteiger charge is 1.95. The van der Waals surface area contributed by atoms with E-state index in [1.54, 1.807) is 6.92 Å². The number of hydrogen-bond acceptors (Lipinski definition) is 3. The molecule has 0 saturated heterocycles. The second-order valence-electron chi connectivity index (χ2n) is 4.12. The average Bonchev–Trinajstić information content (AvgIpc) is 2.34. The summed E-state index contributed by atoms with van der Waals surface area (Å²) in [6, 6.07) is 0. The zero-order chi connectivity index (χ0) is 13.4. The number of carbonyl (C=O) groups is 1. The molecule has 0 atom stereocenters. The fourth-order valence-corrected chi connectivity index (χ4v) is 1.42. The zero-order valence-electron chi connectivity index (χ0n) is 11.8. The van der Waals surface area contributed by atoms with E-state index in [2.05, 4.69) is 11.7 Å². The third-order valence-corrected chi connectivity index (χ3v) is 2.36. The Labute approximate surface area is 107 Å². The number of aliphatic hydroxyl groups excluding tert-OH is 1. The van der Waals surface area contributed by atoms with Gasteiger partial charge in [0, 0.05) is 13.5 Å². The lowest BCUT2D eigenvalue weighted by Gasteiger charge is -2.05. The molecule has 1 aliphatic carbocycles. The predicted molar refractivity (Wildman–Crippen MR) is 72.0 cm³/mol. The highest BCUT2D eigenvalue weighted by molar-refractivity contribution is 5.65. The second-order valence-corrected chi connectivity index (χ2v) is 4.12. The molecule has 1 N–H and O–H groups in total. The molecule has 3 nitrogen and oxygen atoms in total. The molecule has 1 rings (SSSR count). The van der Waals surface area contributed by atoms with Gasteiger partial charge in [0.1, 0.15) is 0 Å². The van der Waals surface area contributed by atoms with E-state index in [0.29, 0.717) is 13.2 Å². The molecule has 0 bridgehead atoms. The molecule has 0 unspecified atom stereocenters. The molecule has 1 saturated carbocycles. The number of esters is 1. The van der Waals surface area contributed by atoms with Gasteiger partial charge in [0.05, 0.1) is 6.61 Å². The van der Waals surface area contributed by atoms with Gasteiger partial charge in [0.15, 0.2) is 0 Å². The summed E-state index contributed by atoms with van der Waals surface area (Å²) in [4.78, 5) is 9.82. The van der Waals surface area contributed by atoms with E-state index in [0.717, 1.165) is 12.8 Å². The molecule has 1 aliphatic rings. The lowest BCUT2D eigenvalue weighted by molar-refractivity contribution is -0.140. The van der Waals surface area contributed by atoms with Gasteiger partial charge in [-0.05, 0) is 13.3 Å². The van der Waals surface area contributed by atoms with Crippen molar-refractivity contribution in [2.45, 2.75) is 72.1 Å². The van der Waals surface area contributed by atoms with E-state index >= 15 is 0 Å². The monoisotopic (exact) mass is 246 g/mol. The first-order valence-corrected chi connectivity index (χ1v) is 6.93. The molecule has 0 heterocycles. The fraction of sp³-hybridized carbons (Fsp3) is 0.929. The van der Waals surface area contributed by atoms with Crippen LogP contribution in [0.2, 0.25) is 0 Å². The lowest BCUT2D eigenvalue weighted by Crippen LogP contribution is -1.95. The molecule has 0 aromatic heterocycles. The summed E-state index contributed by atoms with van der Waals surface area (Å²) in [6.07, 6.45) is 11.0. The predicted octanol–water partition coefficient (Wildman–Crippen LogP) is 3.69. The van der Waals surface area contributed by atoms with E-state index in [9.17, 15) is 4.79 Å². The van der Waals surface area contributed by atoms with Gasteiger partial charge in [-0.2, -0.15) is 0 Å². The molecular weight excluding hydrogens is 216 g/mol. The lowest BCUT2D eigenvalue weighted by atomic mass is 10.0. The van der Waals surface area contributed by atoms with E-state index in [1.165, 1.54) is 45.4 Å². The van der Waals surface area contributed by atoms with Gasteiger partial charge in [-0.15, -0.1) is 0 Å². The number of rotatable bonds is 3. The molecule has 17 heavy (non-hydrogen) atoms. The van der Waals surface area contributed by atoms with Crippen molar-refractivity contribution >= 4 is 5.97 Å². The summed E-state index contributed by atoms with van der Waals surface area (Å²) in [7, 11) is 0. The topological polar surface area (TPSA) is 46.5 Å². The van der Waals surface area contributed by atoms with E-state index in [-0.39, 0.29) is 5.97 Å². The Hall–Kier alpha value is -0.570. The normalized spacial score (nSPS) is 13.6. The van der Waals surface area contributed by atoms with Crippen LogP contribution in [0.1, 0.15) is 72.1 Å². The maximum absolute atomic E-state index is 9.82. The van der Waals surface area contributed by atoms with Crippen molar-refractivity contribution < 1.29 is 14.6 Å². The average molecular weight is 246 g/mol. The molecule has 1 fully saturated rings. The molecule has 104 valence electrons. The first-order valence-electron chi connectivity index (χ1n) is 6.93. The Morgan fingerprint density at radius 2 is 1.47 bits per heavy atom. The molecule has 0 radical (unpaired) electrons. The quantitative estimate of drug-likeness (QED) is 0.772. The largest absolute Gasteiger partial charge is 0.466 e. The van der Waals surface area contributed by atoms with Crippen molar-refractivity contribution in [2.75, 3.05) is 13.2 Å². The minimum atomic E-state index is -0.211. The Kier molecular flexibility index (Phi) is 19.7. The Morgan fingerprint density at radius 3 is 1.53 bits per heavy atom. The smallest absolute Gasteiger partial charge is 0.302 e. The third-order valence-electron chi connectivity index (χ3n) is 2.36. The van der Waals surface area contributed by atoms with Crippen molar-refractivity contribution in [3.8, 4) is 0 Å². The first-order chi connectivity index (χ1) is 8.18. The summed E-state index contributed by atoms with van der Waals surface area (Å²) in [5.41, 5.74) is 0. The van der Waals surface area contributed by atoms with Crippen LogP contribution in [0.5, 0.6) is 0 Å². The van der Waals surface area contributed by atoms with Crippen molar-refractivity contribution in [2.24, 2.45) is 0 Å². The molecule has 0 aliphatic heterocycles. The van der Waals surface area contributed by atoms with Gasteiger partial charge in [-0.25, -0.2) is 0 Å². The summed E-state index contributed by atoms with van der Waals surface area (Å²) in [5.74, 6) is -0.211. The minimum Gasteiger partial charge on any atom is -0.466 e. The van der Waals surface area contributed by atoms with Crippen LogP contribution < -0.4 is 0 Å². The maximum Gasteiger partial charge on any atom is 0.302 e. The van der Waals surface area contributed by atoms with Crippen LogP contribution in [0, 0.1) is 0 Å². The van der Waals surface area contributed by atoms with Crippen molar-refractivity contribution in [1.29, 1.82) is 0 Å². The molecule has 0 amide bonds. The molecule has 0 spiro atoms. The first kappa shape index (κ1) is 18.8. The number of hydrogen-bond donors (Lipinski definition) is 1. The van der Waals surface area contributed by atoms with Crippen molar-refractivity contribution in [3.63, 3.8) is 0 Å². The third kappa shape index (κ3) is 25.6. The van der Waals surface area contributed by atoms with Gasteiger partial charge < -0.3 is 9.84 Å². The standard InChI is InChI=1S/C6H12.C4H8O2.C4H10O/c1-2-4-6-5-3-1;1-3-6-4(2)5;1-2-3-4-5/h1-6H2;3H2,1-2H3;5H,2-4H2,1H3. The van der Waals surface area contributed by atoms with Crippen LogP contribution in [0.15, 0.2) is 0 Å². The summed E-state index contributed by atoms with van der Waals surface area (Å²) in [6.45, 7) is 6.05. The van der Waals surface area contributed by atoms with E-state index < -0.39 is 0 Å². The summed E-state index contributed by atoms with van der Waals surface area (Å²) in [5, 5.41) is 8.07. The number of carbonyl (C=O) groups excluding carboxylic acids is 1. The minimum absolute atomic E-state index is 0.211. The van der Waals surface area contributed by atoms with Gasteiger partial charge >= 0.3 is 5.97 Å². The van der Waals surface area contributed by atoms with Gasteiger partial charge in [0.2, 0.25) is 0 Å². The number of aliphatic hydroxyl groups is 1. The SMILES string of the molecule is C1CCCCC1.CCCCO.CCOC(C)=O. The van der Waals surface area contributed by atoms with Crippen LogP contribution in [0.4, 0.5) is 0 Å². The molecule has 3 heteroatoms. The van der Waals surface area contributed by atoms with Crippen LogP contribution in [0.25, 0.3) is 0 Å². The van der Waals surface area contributed by atoms with Crippen LogP contribution in [0.3, 0.4) is 0 Å². The van der Waals surface area contributed by atoms with Crippen LogP contribution >= 0.6 is 0 Å². The maximum atomic E-state index is 9.82. The fourth-order valence-electron chi connectivity index (χ4n) is 1.42. The number of ether oxygens (including phenoxy) is 1. The molecule has 0 aromatic rings. The summed E-state index contributed by atoms with van der Waals surface area (Å²) >= 11 is 0.